The SMILES string of the molecule is Cc1ccc(-n2c(C)cc(C3C(c4ccccn4)NC(=S)N3c3ccccc3F)c2C)cc1. The Kier molecular flexibility index (Phi) is 5.46. The number of hydrogen-bond acceptors (Lipinski definition) is 2. The van der Waals surface area contributed by atoms with Crippen molar-refractivity contribution >= 4 is 23.0 Å². The first kappa shape index (κ1) is 21.3. The molecule has 0 bridgehead atoms. The highest BCUT2D eigenvalue weighted by molar-refractivity contribution is 7.80. The van der Waals surface area contributed by atoms with Crippen LogP contribution < -0.4 is 10.2 Å². The van der Waals surface area contributed by atoms with Gasteiger partial charge in [0.05, 0.1) is 23.5 Å². The Labute approximate surface area is 198 Å². The second kappa shape index (κ2) is 8.45. The van der Waals surface area contributed by atoms with Crippen molar-refractivity contribution in [2.75, 3.05) is 4.90 Å². The van der Waals surface area contributed by atoms with Gasteiger partial charge in [0.2, 0.25) is 0 Å². The molecule has 4 nitrogen and oxygen atoms in total. The van der Waals surface area contributed by atoms with E-state index in [4.69, 9.17) is 12.2 Å². The summed E-state index contributed by atoms with van der Waals surface area (Å²) in [5.74, 6) is -0.305. The van der Waals surface area contributed by atoms with E-state index >= 15 is 0 Å². The maximum absolute atomic E-state index is 15.0. The zero-order chi connectivity index (χ0) is 23.1. The predicted octanol–water partition coefficient (Wildman–Crippen LogP) is 6.11. The third kappa shape index (κ3) is 3.70. The van der Waals surface area contributed by atoms with Gasteiger partial charge in [-0.3, -0.25) is 4.98 Å². The maximum atomic E-state index is 15.0. The van der Waals surface area contributed by atoms with E-state index in [-0.39, 0.29) is 17.9 Å². The summed E-state index contributed by atoms with van der Waals surface area (Å²) in [6.45, 7) is 6.29. The Morgan fingerprint density at radius 2 is 1.67 bits per heavy atom. The van der Waals surface area contributed by atoms with Crippen LogP contribution in [-0.4, -0.2) is 14.7 Å². The van der Waals surface area contributed by atoms with Crippen molar-refractivity contribution in [2.45, 2.75) is 32.9 Å². The van der Waals surface area contributed by atoms with Gasteiger partial charge < -0.3 is 14.8 Å². The number of nitrogens with zero attached hydrogens (tertiary/aromatic N) is 3. The highest BCUT2D eigenvalue weighted by Gasteiger charge is 2.43. The van der Waals surface area contributed by atoms with E-state index in [0.29, 0.717) is 10.8 Å². The summed E-state index contributed by atoms with van der Waals surface area (Å²) in [4.78, 5) is 6.49. The van der Waals surface area contributed by atoms with Gasteiger partial charge in [-0.25, -0.2) is 4.39 Å². The minimum atomic E-state index is -0.305. The summed E-state index contributed by atoms with van der Waals surface area (Å²) in [5.41, 5.74) is 6.92. The number of pyridine rings is 1. The summed E-state index contributed by atoms with van der Waals surface area (Å²) >= 11 is 5.74. The average Bonchev–Trinajstić information content (AvgIpc) is 3.31. The predicted molar refractivity (Wildman–Crippen MR) is 134 cm³/mol. The molecule has 33 heavy (non-hydrogen) atoms. The minimum absolute atomic E-state index is 0.217. The molecule has 2 atom stereocenters. The quantitative estimate of drug-likeness (QED) is 0.376. The van der Waals surface area contributed by atoms with Crippen LogP contribution in [-0.2, 0) is 0 Å². The van der Waals surface area contributed by atoms with Gasteiger partial charge in [0.1, 0.15) is 5.82 Å². The van der Waals surface area contributed by atoms with Crippen LogP contribution in [0.4, 0.5) is 10.1 Å². The zero-order valence-corrected chi connectivity index (χ0v) is 19.6. The van der Waals surface area contributed by atoms with E-state index in [0.717, 1.165) is 28.3 Å². The molecule has 1 aliphatic heterocycles. The molecule has 166 valence electrons. The molecule has 0 spiro atoms. The Balaban J connectivity index is 1.69. The number of aryl methyl sites for hydroxylation is 2. The summed E-state index contributed by atoms with van der Waals surface area (Å²) in [6, 6.07) is 22.8. The van der Waals surface area contributed by atoms with Crippen LogP contribution >= 0.6 is 12.2 Å². The van der Waals surface area contributed by atoms with Crippen molar-refractivity contribution in [1.29, 1.82) is 0 Å². The highest BCUT2D eigenvalue weighted by atomic mass is 32.1. The lowest BCUT2D eigenvalue weighted by Crippen LogP contribution is -2.30. The Hall–Kier alpha value is -3.51. The van der Waals surface area contributed by atoms with E-state index in [1.54, 1.807) is 18.3 Å². The molecule has 1 N–H and O–H groups in total. The number of para-hydroxylation sites is 1. The Bertz CT molecular complexity index is 1310. The maximum Gasteiger partial charge on any atom is 0.174 e. The number of hydrogen-bond donors (Lipinski definition) is 1. The van der Waals surface area contributed by atoms with Gasteiger partial charge in [-0.2, -0.15) is 0 Å². The van der Waals surface area contributed by atoms with Crippen LogP contribution in [0.2, 0.25) is 0 Å². The first-order valence-corrected chi connectivity index (χ1v) is 11.4. The smallest absolute Gasteiger partial charge is 0.174 e. The molecule has 6 heteroatoms. The minimum Gasteiger partial charge on any atom is -0.351 e. The molecular formula is C27H25FN4S. The lowest BCUT2D eigenvalue weighted by atomic mass is 9.96. The van der Waals surface area contributed by atoms with Crippen molar-refractivity contribution in [3.05, 3.63) is 113 Å². The second-order valence-electron chi connectivity index (χ2n) is 8.45. The lowest BCUT2D eigenvalue weighted by Gasteiger charge is -2.28. The molecule has 2 unspecified atom stereocenters. The fourth-order valence-corrected chi connectivity index (χ4v) is 5.09. The van der Waals surface area contributed by atoms with Gasteiger partial charge in [-0.1, -0.05) is 35.9 Å². The normalized spacial score (nSPS) is 17.9. The molecule has 1 saturated heterocycles. The van der Waals surface area contributed by atoms with E-state index in [1.807, 2.05) is 29.2 Å². The van der Waals surface area contributed by atoms with Crippen molar-refractivity contribution in [2.24, 2.45) is 0 Å². The van der Waals surface area contributed by atoms with E-state index < -0.39 is 0 Å². The molecule has 2 aromatic heterocycles. The first-order valence-electron chi connectivity index (χ1n) is 11.0. The van der Waals surface area contributed by atoms with Gasteiger partial charge in [-0.05, 0) is 81.0 Å². The summed E-state index contributed by atoms with van der Waals surface area (Å²) < 4.78 is 17.2. The van der Waals surface area contributed by atoms with Gasteiger partial charge in [-0.15, -0.1) is 0 Å². The third-order valence-electron chi connectivity index (χ3n) is 6.29. The standard InChI is InChI=1S/C27H25FN4S/c1-17-11-13-20(14-12-17)31-18(2)16-21(19(31)3)26-25(23-9-6-7-15-29-23)30-27(33)32(26)24-10-5-4-8-22(24)28/h4-16,25-26H,1-3H3,(H,30,33). The first-order chi connectivity index (χ1) is 16.0. The van der Waals surface area contributed by atoms with Crippen molar-refractivity contribution in [1.82, 2.24) is 14.9 Å². The summed E-state index contributed by atoms with van der Waals surface area (Å²) in [7, 11) is 0. The van der Waals surface area contributed by atoms with Gasteiger partial charge in [0.15, 0.2) is 5.11 Å². The van der Waals surface area contributed by atoms with Crippen LogP contribution in [0.3, 0.4) is 0 Å². The number of anilines is 1. The lowest BCUT2D eigenvalue weighted by molar-refractivity contribution is 0.556. The van der Waals surface area contributed by atoms with Crippen LogP contribution in [0.1, 0.15) is 40.3 Å². The van der Waals surface area contributed by atoms with E-state index in [1.165, 1.54) is 11.6 Å². The summed E-state index contributed by atoms with van der Waals surface area (Å²) in [5, 5.41) is 3.90. The monoisotopic (exact) mass is 456 g/mol. The van der Waals surface area contributed by atoms with Crippen LogP contribution in [0.25, 0.3) is 5.69 Å². The average molecular weight is 457 g/mol. The molecule has 4 aromatic rings. The highest BCUT2D eigenvalue weighted by Crippen LogP contribution is 2.44. The second-order valence-corrected chi connectivity index (χ2v) is 8.83. The molecule has 1 fully saturated rings. The third-order valence-corrected chi connectivity index (χ3v) is 6.61. The van der Waals surface area contributed by atoms with E-state index in [9.17, 15) is 4.39 Å². The molecule has 0 aliphatic carbocycles. The number of halogens is 1. The molecule has 0 radical (unpaired) electrons. The fourth-order valence-electron chi connectivity index (χ4n) is 4.76. The number of benzene rings is 2. The molecule has 0 saturated carbocycles. The van der Waals surface area contributed by atoms with Crippen LogP contribution in [0, 0.1) is 26.6 Å². The molecule has 1 aliphatic rings. The number of nitrogens with one attached hydrogen (secondary N) is 1. The molecule has 2 aromatic carbocycles. The molecule has 3 heterocycles. The largest absolute Gasteiger partial charge is 0.351 e. The van der Waals surface area contributed by atoms with Crippen LogP contribution in [0.15, 0.2) is 79.0 Å². The fraction of sp³-hybridized carbons (Fsp3) is 0.185. The van der Waals surface area contributed by atoms with E-state index in [2.05, 4.69) is 66.0 Å². The molecular weight excluding hydrogens is 431 g/mol. The van der Waals surface area contributed by atoms with Crippen molar-refractivity contribution in [3.8, 4) is 5.69 Å². The topological polar surface area (TPSA) is 33.1 Å². The van der Waals surface area contributed by atoms with Crippen LogP contribution in [0.5, 0.6) is 0 Å². The van der Waals surface area contributed by atoms with Crippen molar-refractivity contribution < 1.29 is 4.39 Å². The molecule has 5 rings (SSSR count). The molecule has 0 amide bonds. The number of rotatable bonds is 4. The number of aromatic nitrogens is 2. The summed E-state index contributed by atoms with van der Waals surface area (Å²) in [6.07, 6.45) is 1.78. The van der Waals surface area contributed by atoms with Crippen molar-refractivity contribution in [3.63, 3.8) is 0 Å². The van der Waals surface area contributed by atoms with Gasteiger partial charge >= 0.3 is 0 Å². The number of thiocarbonyl (C=S) groups is 1. The van der Waals surface area contributed by atoms with Gasteiger partial charge in [0, 0.05) is 23.3 Å². The zero-order valence-electron chi connectivity index (χ0n) is 18.8. The van der Waals surface area contributed by atoms with Gasteiger partial charge in [0.25, 0.3) is 0 Å². The Morgan fingerprint density at radius 1 is 0.939 bits per heavy atom. The Morgan fingerprint density at radius 3 is 2.36 bits per heavy atom.